The van der Waals surface area contributed by atoms with Crippen LogP contribution in [0.1, 0.15) is 19.8 Å². The highest BCUT2D eigenvalue weighted by Crippen LogP contribution is 2.17. The molecular formula is C13H19NO2. The van der Waals surface area contributed by atoms with Crippen LogP contribution in [0.4, 0.5) is 0 Å². The van der Waals surface area contributed by atoms with Gasteiger partial charge >= 0.3 is 0 Å². The van der Waals surface area contributed by atoms with Gasteiger partial charge in [-0.2, -0.15) is 0 Å². The predicted molar refractivity (Wildman–Crippen MR) is 64.8 cm³/mol. The Morgan fingerprint density at radius 1 is 1.56 bits per heavy atom. The quantitative estimate of drug-likeness (QED) is 0.667. The van der Waals surface area contributed by atoms with Crippen molar-refractivity contribution in [1.82, 2.24) is 4.90 Å². The van der Waals surface area contributed by atoms with Crippen molar-refractivity contribution in [3.05, 3.63) is 35.6 Å². The van der Waals surface area contributed by atoms with Crippen molar-refractivity contribution in [2.75, 3.05) is 14.1 Å². The van der Waals surface area contributed by atoms with Crippen LogP contribution >= 0.6 is 0 Å². The van der Waals surface area contributed by atoms with E-state index in [2.05, 4.69) is 38.1 Å². The number of hydrogen-bond acceptors (Lipinski definition) is 3. The Kier molecular flexibility index (Phi) is 4.99. The molecule has 0 heterocycles. The molecule has 88 valence electrons. The molecule has 0 saturated carbocycles. The second-order valence-corrected chi connectivity index (χ2v) is 4.19. The van der Waals surface area contributed by atoms with E-state index in [4.69, 9.17) is 4.74 Å². The lowest BCUT2D eigenvalue weighted by atomic mass is 10.1. The van der Waals surface area contributed by atoms with Gasteiger partial charge in [-0.3, -0.25) is 4.79 Å². The van der Waals surface area contributed by atoms with E-state index in [9.17, 15) is 4.79 Å². The highest BCUT2D eigenvalue weighted by molar-refractivity contribution is 5.43. The lowest BCUT2D eigenvalue weighted by Crippen LogP contribution is -2.24. The van der Waals surface area contributed by atoms with Gasteiger partial charge in [-0.05, 0) is 51.6 Å². The van der Waals surface area contributed by atoms with Gasteiger partial charge in [-0.1, -0.05) is 12.2 Å². The largest absolute Gasteiger partial charge is 0.429 e. The molecule has 0 aliphatic heterocycles. The van der Waals surface area contributed by atoms with Crippen LogP contribution in [0, 0.1) is 0 Å². The number of hydrogen-bond donors (Lipinski definition) is 0. The third-order valence-corrected chi connectivity index (χ3v) is 2.71. The van der Waals surface area contributed by atoms with Gasteiger partial charge in [-0.15, -0.1) is 0 Å². The van der Waals surface area contributed by atoms with Crippen LogP contribution < -0.4 is 0 Å². The number of carbonyl (C=O) groups is 1. The van der Waals surface area contributed by atoms with E-state index in [1.54, 1.807) is 0 Å². The molecule has 0 radical (unpaired) electrons. The van der Waals surface area contributed by atoms with E-state index in [-0.39, 0.29) is 0 Å². The molecule has 0 spiro atoms. The van der Waals surface area contributed by atoms with Gasteiger partial charge in [0.15, 0.2) is 0 Å². The number of carbonyl (C=O) groups excluding carboxylic acids is 1. The summed E-state index contributed by atoms with van der Waals surface area (Å²) in [5.74, 6) is 0.640. The molecule has 0 aromatic rings. The summed E-state index contributed by atoms with van der Waals surface area (Å²) < 4.78 is 4.89. The topological polar surface area (TPSA) is 29.5 Å². The first-order valence-electron chi connectivity index (χ1n) is 5.47. The fraction of sp³-hybridized carbons (Fsp3) is 0.462. The summed E-state index contributed by atoms with van der Waals surface area (Å²) in [5, 5.41) is 0. The van der Waals surface area contributed by atoms with Crippen molar-refractivity contribution in [2.24, 2.45) is 0 Å². The summed E-state index contributed by atoms with van der Waals surface area (Å²) in [4.78, 5) is 12.5. The van der Waals surface area contributed by atoms with E-state index in [1.165, 1.54) is 5.57 Å². The van der Waals surface area contributed by atoms with Gasteiger partial charge in [0, 0.05) is 6.04 Å². The van der Waals surface area contributed by atoms with Crippen molar-refractivity contribution in [3.8, 4) is 0 Å². The zero-order valence-corrected chi connectivity index (χ0v) is 10.1. The van der Waals surface area contributed by atoms with Crippen LogP contribution in [0.5, 0.6) is 0 Å². The second-order valence-electron chi connectivity index (χ2n) is 4.19. The monoisotopic (exact) mass is 221 g/mol. The summed E-state index contributed by atoms with van der Waals surface area (Å²) >= 11 is 0. The summed E-state index contributed by atoms with van der Waals surface area (Å²) in [7, 11) is 4.12. The number of allylic oxidation sites excluding steroid dienone is 4. The first-order valence-corrected chi connectivity index (χ1v) is 5.47. The lowest BCUT2D eigenvalue weighted by molar-refractivity contribution is -0.124. The van der Waals surface area contributed by atoms with Crippen LogP contribution in [-0.4, -0.2) is 31.5 Å². The Bertz CT molecular complexity index is 327. The third-order valence-electron chi connectivity index (χ3n) is 2.71. The fourth-order valence-corrected chi connectivity index (χ4v) is 1.48. The molecule has 1 unspecified atom stereocenters. The summed E-state index contributed by atoms with van der Waals surface area (Å²) in [5.41, 5.74) is 1.19. The molecule has 1 atom stereocenters. The third kappa shape index (κ3) is 4.03. The van der Waals surface area contributed by atoms with Crippen LogP contribution in [0.2, 0.25) is 0 Å². The Labute approximate surface area is 97.1 Å². The second kappa shape index (κ2) is 6.28. The van der Waals surface area contributed by atoms with Crippen molar-refractivity contribution in [1.29, 1.82) is 0 Å². The van der Waals surface area contributed by atoms with Crippen LogP contribution in [-0.2, 0) is 9.53 Å². The Hall–Kier alpha value is -1.35. The molecule has 0 aromatic carbocycles. The summed E-state index contributed by atoms with van der Waals surface area (Å²) in [6.45, 7) is 2.64. The molecule has 0 amide bonds. The van der Waals surface area contributed by atoms with E-state index in [0.717, 1.165) is 12.8 Å². The average molecular weight is 221 g/mol. The van der Waals surface area contributed by atoms with Crippen molar-refractivity contribution in [3.63, 3.8) is 0 Å². The predicted octanol–water partition coefficient (Wildman–Crippen LogP) is 2.27. The molecule has 1 rings (SSSR count). The first kappa shape index (κ1) is 12.7. The van der Waals surface area contributed by atoms with Gasteiger partial charge in [-0.25, -0.2) is 0 Å². The number of nitrogens with zero attached hydrogens (tertiary/aromatic N) is 1. The molecule has 1 aliphatic rings. The molecule has 0 aromatic heterocycles. The molecule has 1 aliphatic carbocycles. The molecule has 0 N–H and O–H groups in total. The lowest BCUT2D eigenvalue weighted by Gasteiger charge is -2.20. The Balaban J connectivity index is 2.70. The van der Waals surface area contributed by atoms with Crippen molar-refractivity contribution >= 4 is 6.47 Å². The maximum Gasteiger partial charge on any atom is 0.298 e. The minimum atomic E-state index is 0.464. The summed E-state index contributed by atoms with van der Waals surface area (Å²) in [6.07, 6.45) is 9.76. The molecule has 3 heteroatoms. The first-order chi connectivity index (χ1) is 7.63. The van der Waals surface area contributed by atoms with Gasteiger partial charge in [0.25, 0.3) is 6.47 Å². The summed E-state index contributed by atoms with van der Waals surface area (Å²) in [6, 6.07) is 0.464. The van der Waals surface area contributed by atoms with Crippen LogP contribution in [0.15, 0.2) is 35.6 Å². The normalized spacial score (nSPS) is 17.5. The van der Waals surface area contributed by atoms with Crippen molar-refractivity contribution < 1.29 is 9.53 Å². The molecule has 3 nitrogen and oxygen atoms in total. The van der Waals surface area contributed by atoms with Crippen LogP contribution in [0.25, 0.3) is 0 Å². The molecule has 0 saturated heterocycles. The van der Waals surface area contributed by atoms with E-state index >= 15 is 0 Å². The SMILES string of the molecule is CC(CC1=CC(OC=O)=CCC=C1)N(C)C. The molecular weight excluding hydrogens is 202 g/mol. The highest BCUT2D eigenvalue weighted by Gasteiger charge is 2.08. The zero-order chi connectivity index (χ0) is 12.0. The smallest absolute Gasteiger partial charge is 0.298 e. The van der Waals surface area contributed by atoms with Gasteiger partial charge in [0.05, 0.1) is 0 Å². The van der Waals surface area contributed by atoms with Crippen LogP contribution in [0.3, 0.4) is 0 Å². The standard InChI is InChI=1S/C13H19NO2/c1-11(14(2)3)8-12-6-4-5-7-13(9-12)16-10-15/h4,6-7,9-11H,5,8H2,1-3H3. The van der Waals surface area contributed by atoms with E-state index < -0.39 is 0 Å². The minimum Gasteiger partial charge on any atom is -0.429 e. The Morgan fingerprint density at radius 2 is 2.31 bits per heavy atom. The zero-order valence-electron chi connectivity index (χ0n) is 10.1. The molecule has 0 bridgehead atoms. The van der Waals surface area contributed by atoms with Gasteiger partial charge in [0.2, 0.25) is 0 Å². The van der Waals surface area contributed by atoms with E-state index in [1.807, 2.05) is 12.2 Å². The molecule has 16 heavy (non-hydrogen) atoms. The Morgan fingerprint density at radius 3 is 2.94 bits per heavy atom. The maximum atomic E-state index is 10.3. The highest BCUT2D eigenvalue weighted by atomic mass is 16.5. The molecule has 0 fully saturated rings. The minimum absolute atomic E-state index is 0.464. The van der Waals surface area contributed by atoms with Gasteiger partial charge < -0.3 is 9.64 Å². The van der Waals surface area contributed by atoms with Gasteiger partial charge in [0.1, 0.15) is 5.76 Å². The number of ether oxygens (including phenoxy) is 1. The van der Waals surface area contributed by atoms with Crippen molar-refractivity contribution in [2.45, 2.75) is 25.8 Å². The maximum absolute atomic E-state index is 10.3. The van der Waals surface area contributed by atoms with E-state index in [0.29, 0.717) is 18.3 Å². The average Bonchev–Trinajstić information content (AvgIpc) is 2.44. The number of rotatable bonds is 5. The fourth-order valence-electron chi connectivity index (χ4n) is 1.48.